The molecule has 0 bridgehead atoms. The van der Waals surface area contributed by atoms with Crippen LogP contribution in [0.2, 0.25) is 0 Å². The first-order chi connectivity index (χ1) is 11.9. The Labute approximate surface area is 144 Å². The number of carbonyl (C=O) groups is 2. The van der Waals surface area contributed by atoms with E-state index in [1.54, 1.807) is 0 Å². The van der Waals surface area contributed by atoms with Crippen LogP contribution in [0.15, 0.2) is 9.59 Å². The highest BCUT2D eigenvalue weighted by atomic mass is 16.2. The zero-order valence-electron chi connectivity index (χ0n) is 14.3. The first-order valence-corrected chi connectivity index (χ1v) is 8.24. The number of hydrogen-bond acceptors (Lipinski definition) is 5. The highest BCUT2D eigenvalue weighted by molar-refractivity contribution is 5.87. The van der Waals surface area contributed by atoms with Crippen LogP contribution in [0.3, 0.4) is 0 Å². The van der Waals surface area contributed by atoms with Crippen molar-refractivity contribution in [1.29, 1.82) is 5.26 Å². The van der Waals surface area contributed by atoms with Crippen LogP contribution in [0.5, 0.6) is 0 Å². The zero-order chi connectivity index (χ0) is 18.6. The van der Waals surface area contributed by atoms with Crippen molar-refractivity contribution in [2.45, 2.75) is 52.2 Å². The minimum absolute atomic E-state index is 0.0985. The molecule has 0 saturated carbocycles. The molecule has 0 aromatic carbocycles. The summed E-state index contributed by atoms with van der Waals surface area (Å²) in [6.45, 7) is 3.81. The van der Waals surface area contributed by atoms with E-state index in [4.69, 9.17) is 0 Å². The number of nitrogens with zero attached hydrogens (tertiary/aromatic N) is 3. The van der Waals surface area contributed by atoms with Gasteiger partial charge in [-0.25, -0.2) is 9.36 Å². The minimum Gasteiger partial charge on any atom is -0.354 e. The lowest BCUT2D eigenvalue weighted by Crippen LogP contribution is -2.49. The number of aromatic nitrogens is 2. The van der Waals surface area contributed by atoms with Crippen LogP contribution in [0.4, 0.5) is 0 Å². The van der Waals surface area contributed by atoms with Crippen molar-refractivity contribution in [2.24, 2.45) is 0 Å². The number of carbonyl (C=O) groups excluding carboxylic acids is 2. The second kappa shape index (κ2) is 7.79. The zero-order valence-corrected chi connectivity index (χ0v) is 14.3. The molecule has 1 aromatic heterocycles. The molecule has 0 fully saturated rings. The van der Waals surface area contributed by atoms with Crippen molar-refractivity contribution < 1.29 is 9.59 Å². The maximum Gasteiger partial charge on any atom is 0.331 e. The van der Waals surface area contributed by atoms with Gasteiger partial charge in [-0.1, -0.05) is 6.92 Å². The van der Waals surface area contributed by atoms with Gasteiger partial charge in [0.15, 0.2) is 0 Å². The molecule has 2 rings (SSSR count). The molecule has 2 heterocycles. The van der Waals surface area contributed by atoms with Gasteiger partial charge in [-0.05, 0) is 26.2 Å². The van der Waals surface area contributed by atoms with Gasteiger partial charge in [0.1, 0.15) is 24.2 Å². The van der Waals surface area contributed by atoms with E-state index >= 15 is 0 Å². The van der Waals surface area contributed by atoms with E-state index in [0.29, 0.717) is 31.6 Å². The number of hydrogen-bond donors (Lipinski definition) is 2. The van der Waals surface area contributed by atoms with Crippen LogP contribution in [0, 0.1) is 11.3 Å². The van der Waals surface area contributed by atoms with Crippen molar-refractivity contribution in [3.05, 3.63) is 32.1 Å². The molecule has 9 heteroatoms. The lowest BCUT2D eigenvalue weighted by atomic mass is 10.2. The average molecular weight is 347 g/mol. The van der Waals surface area contributed by atoms with Crippen LogP contribution in [-0.4, -0.2) is 33.5 Å². The first kappa shape index (κ1) is 18.4. The van der Waals surface area contributed by atoms with Crippen LogP contribution in [-0.2, 0) is 29.1 Å². The highest BCUT2D eigenvalue weighted by Gasteiger charge is 2.24. The smallest absolute Gasteiger partial charge is 0.331 e. The van der Waals surface area contributed by atoms with E-state index < -0.39 is 29.7 Å². The van der Waals surface area contributed by atoms with E-state index in [-0.39, 0.29) is 11.5 Å². The summed E-state index contributed by atoms with van der Waals surface area (Å²) in [5, 5.41) is 14.3. The molecule has 1 atom stereocenters. The van der Waals surface area contributed by atoms with Crippen molar-refractivity contribution in [1.82, 2.24) is 19.8 Å². The Morgan fingerprint density at radius 3 is 2.72 bits per heavy atom. The molecular formula is C16H21N5O4. The fourth-order valence-electron chi connectivity index (χ4n) is 2.79. The summed E-state index contributed by atoms with van der Waals surface area (Å²) in [5.41, 5.74) is -1.03. The van der Waals surface area contributed by atoms with Gasteiger partial charge < -0.3 is 10.6 Å². The van der Waals surface area contributed by atoms with E-state index in [2.05, 4.69) is 10.6 Å². The topological polar surface area (TPSA) is 126 Å². The third kappa shape index (κ3) is 3.79. The van der Waals surface area contributed by atoms with Gasteiger partial charge >= 0.3 is 5.69 Å². The number of nitrogens with one attached hydrogen (secondary N) is 2. The van der Waals surface area contributed by atoms with Gasteiger partial charge in [0.25, 0.3) is 5.56 Å². The van der Waals surface area contributed by atoms with Crippen molar-refractivity contribution in [3.63, 3.8) is 0 Å². The van der Waals surface area contributed by atoms with Gasteiger partial charge in [-0.3, -0.25) is 19.0 Å². The number of amides is 2. The Morgan fingerprint density at radius 1 is 1.36 bits per heavy atom. The summed E-state index contributed by atoms with van der Waals surface area (Å²) in [6, 6.07) is 1.04. The van der Waals surface area contributed by atoms with E-state index in [1.807, 2.05) is 13.0 Å². The Morgan fingerprint density at radius 2 is 2.08 bits per heavy atom. The van der Waals surface area contributed by atoms with Crippen LogP contribution in [0.1, 0.15) is 37.9 Å². The monoisotopic (exact) mass is 347 g/mol. The number of fused-ring (bicyclic) bond motifs is 1. The molecule has 25 heavy (non-hydrogen) atoms. The largest absolute Gasteiger partial charge is 0.354 e. The Balaban J connectivity index is 2.20. The minimum atomic E-state index is -0.789. The Kier molecular flexibility index (Phi) is 5.75. The molecule has 0 radical (unpaired) electrons. The molecule has 134 valence electrons. The lowest BCUT2D eigenvalue weighted by molar-refractivity contribution is -0.128. The molecule has 2 N–H and O–H groups in total. The Bertz CT molecular complexity index is 846. The summed E-state index contributed by atoms with van der Waals surface area (Å²) in [4.78, 5) is 48.6. The van der Waals surface area contributed by atoms with Crippen molar-refractivity contribution in [3.8, 4) is 6.07 Å². The van der Waals surface area contributed by atoms with Gasteiger partial charge in [0.2, 0.25) is 11.8 Å². The maximum absolute atomic E-state index is 12.4. The Hall–Kier alpha value is -2.89. The molecule has 1 aliphatic rings. The average Bonchev–Trinajstić information content (AvgIpc) is 3.06. The third-order valence-corrected chi connectivity index (χ3v) is 4.06. The molecule has 1 aliphatic heterocycles. The SMILES string of the molecule is CCCNC(=O)[C@H](C)NC(=O)Cn1c(=O)c(C#N)c2n(c1=O)CCC2. The lowest BCUT2D eigenvalue weighted by Gasteiger charge is -2.15. The molecule has 9 nitrogen and oxygen atoms in total. The normalized spacial score (nSPS) is 13.6. The summed E-state index contributed by atoms with van der Waals surface area (Å²) < 4.78 is 2.12. The van der Waals surface area contributed by atoms with Crippen LogP contribution >= 0.6 is 0 Å². The summed E-state index contributed by atoms with van der Waals surface area (Å²) in [5.74, 6) is -0.980. The molecule has 0 spiro atoms. The maximum atomic E-state index is 12.4. The molecular weight excluding hydrogens is 326 g/mol. The van der Waals surface area contributed by atoms with Crippen molar-refractivity contribution >= 4 is 11.8 Å². The number of rotatable bonds is 6. The fraction of sp³-hybridized carbons (Fsp3) is 0.562. The number of nitriles is 1. The molecule has 0 unspecified atom stereocenters. The summed E-state index contributed by atoms with van der Waals surface area (Å²) in [6.07, 6.45) is 1.94. The second-order valence-electron chi connectivity index (χ2n) is 5.94. The first-order valence-electron chi connectivity index (χ1n) is 8.24. The fourth-order valence-corrected chi connectivity index (χ4v) is 2.79. The molecule has 1 aromatic rings. The predicted molar refractivity (Wildman–Crippen MR) is 88.9 cm³/mol. The summed E-state index contributed by atoms with van der Waals surface area (Å²) in [7, 11) is 0. The van der Waals surface area contributed by atoms with Gasteiger partial charge in [-0.2, -0.15) is 5.26 Å². The van der Waals surface area contributed by atoms with E-state index in [1.165, 1.54) is 11.5 Å². The standard InChI is InChI=1S/C16H21N5O4/c1-3-6-18-14(23)10(2)19-13(22)9-21-15(24)11(8-17)12-5-4-7-20(12)16(21)25/h10H,3-7,9H2,1-2H3,(H,18,23)(H,19,22)/t10-/m0/s1. The van der Waals surface area contributed by atoms with Crippen molar-refractivity contribution in [2.75, 3.05) is 6.54 Å². The summed E-state index contributed by atoms with van der Waals surface area (Å²) >= 11 is 0. The van der Waals surface area contributed by atoms with Crippen LogP contribution in [0.25, 0.3) is 0 Å². The van der Waals surface area contributed by atoms with E-state index in [0.717, 1.165) is 11.0 Å². The van der Waals surface area contributed by atoms with Gasteiger partial charge in [-0.15, -0.1) is 0 Å². The molecule has 0 aliphatic carbocycles. The molecule has 0 saturated heterocycles. The molecule has 2 amide bonds. The van der Waals surface area contributed by atoms with Gasteiger partial charge in [0, 0.05) is 18.8 Å². The third-order valence-electron chi connectivity index (χ3n) is 4.06. The van der Waals surface area contributed by atoms with Crippen LogP contribution < -0.4 is 21.9 Å². The quantitative estimate of drug-likeness (QED) is 0.673. The van der Waals surface area contributed by atoms with Gasteiger partial charge in [0.05, 0.1) is 0 Å². The highest BCUT2D eigenvalue weighted by Crippen LogP contribution is 2.12. The van der Waals surface area contributed by atoms with E-state index in [9.17, 15) is 24.4 Å². The predicted octanol–water partition coefficient (Wildman–Crippen LogP) is -1.14. The second-order valence-corrected chi connectivity index (χ2v) is 5.94.